The Kier molecular flexibility index (Phi) is 5.90. The van der Waals surface area contributed by atoms with Crippen LogP contribution in [-0.4, -0.2) is 29.8 Å². The van der Waals surface area contributed by atoms with E-state index in [1.54, 1.807) is 12.1 Å². The zero-order valence-corrected chi connectivity index (χ0v) is 14.2. The van der Waals surface area contributed by atoms with Crippen molar-refractivity contribution in [3.63, 3.8) is 0 Å². The lowest BCUT2D eigenvalue weighted by atomic mass is 9.87. The van der Waals surface area contributed by atoms with Crippen LogP contribution < -0.4 is 10.6 Å². The van der Waals surface area contributed by atoms with Gasteiger partial charge in [0.25, 0.3) is 0 Å². The van der Waals surface area contributed by atoms with E-state index in [2.05, 4.69) is 10.6 Å². The summed E-state index contributed by atoms with van der Waals surface area (Å²) < 4.78 is 5.23. The molecule has 5 nitrogen and oxygen atoms in total. The highest BCUT2D eigenvalue weighted by molar-refractivity contribution is 5.67. The topological polar surface area (TPSA) is 70.6 Å². The van der Waals surface area contributed by atoms with Crippen molar-refractivity contribution in [2.24, 2.45) is 0 Å². The number of phenolic OH excluding ortho intramolecular Hbond substituents is 1. The average molecular weight is 340 g/mol. The number of rotatable bonds is 7. The number of ether oxygens (including phenoxy) is 1. The number of carbonyl (C=O) groups is 1. The highest BCUT2D eigenvalue weighted by Crippen LogP contribution is 2.20. The summed E-state index contributed by atoms with van der Waals surface area (Å²) in [5.41, 5.74) is 2.18. The molecule has 0 atom stereocenters. The summed E-state index contributed by atoms with van der Waals surface area (Å²) in [6, 6.07) is 17.6. The van der Waals surface area contributed by atoms with E-state index in [0.29, 0.717) is 18.4 Å². The molecular weight excluding hydrogens is 316 g/mol. The van der Waals surface area contributed by atoms with Crippen molar-refractivity contribution in [2.45, 2.75) is 38.0 Å². The van der Waals surface area contributed by atoms with Crippen LogP contribution in [0.3, 0.4) is 0 Å². The van der Waals surface area contributed by atoms with Crippen LogP contribution in [0, 0.1) is 0 Å². The first kappa shape index (κ1) is 17.3. The summed E-state index contributed by atoms with van der Waals surface area (Å²) in [6.07, 6.45) is 2.43. The van der Waals surface area contributed by atoms with Crippen LogP contribution in [0.25, 0.3) is 0 Å². The molecule has 2 aromatic carbocycles. The van der Waals surface area contributed by atoms with Gasteiger partial charge in [0.15, 0.2) is 0 Å². The van der Waals surface area contributed by atoms with Gasteiger partial charge in [0.1, 0.15) is 12.4 Å². The zero-order chi connectivity index (χ0) is 17.5. The highest BCUT2D eigenvalue weighted by atomic mass is 16.5. The monoisotopic (exact) mass is 340 g/mol. The van der Waals surface area contributed by atoms with E-state index in [0.717, 1.165) is 31.4 Å². The molecule has 1 aliphatic carbocycles. The van der Waals surface area contributed by atoms with Crippen molar-refractivity contribution in [1.82, 2.24) is 10.6 Å². The molecule has 1 fully saturated rings. The fourth-order valence-electron chi connectivity index (χ4n) is 2.92. The minimum absolute atomic E-state index is 0.189. The largest absolute Gasteiger partial charge is 0.508 e. The third kappa shape index (κ3) is 5.50. The third-order valence-corrected chi connectivity index (χ3v) is 4.46. The molecule has 3 N–H and O–H groups in total. The van der Waals surface area contributed by atoms with E-state index in [1.807, 2.05) is 42.5 Å². The van der Waals surface area contributed by atoms with Crippen LogP contribution in [0.15, 0.2) is 54.6 Å². The number of amides is 1. The summed E-state index contributed by atoms with van der Waals surface area (Å²) in [6.45, 7) is 1.19. The molecule has 3 rings (SSSR count). The summed E-state index contributed by atoms with van der Waals surface area (Å²) in [7, 11) is 0. The molecule has 0 bridgehead atoms. The first-order valence-corrected chi connectivity index (χ1v) is 8.67. The van der Waals surface area contributed by atoms with E-state index >= 15 is 0 Å². The van der Waals surface area contributed by atoms with E-state index in [1.165, 1.54) is 5.56 Å². The van der Waals surface area contributed by atoms with Gasteiger partial charge in [-0.15, -0.1) is 0 Å². The number of alkyl carbamates (subject to hydrolysis) is 1. The lowest BCUT2D eigenvalue weighted by Crippen LogP contribution is -2.52. The van der Waals surface area contributed by atoms with Crippen LogP contribution in [0.1, 0.15) is 24.0 Å². The van der Waals surface area contributed by atoms with Gasteiger partial charge < -0.3 is 20.5 Å². The molecule has 0 heterocycles. The maximum Gasteiger partial charge on any atom is 0.407 e. The van der Waals surface area contributed by atoms with Crippen LogP contribution in [-0.2, 0) is 17.8 Å². The lowest BCUT2D eigenvalue weighted by Gasteiger charge is -2.36. The van der Waals surface area contributed by atoms with E-state index in [-0.39, 0.29) is 12.1 Å². The molecule has 0 spiro atoms. The Bertz CT molecular complexity index is 667. The minimum Gasteiger partial charge on any atom is -0.508 e. The second-order valence-electron chi connectivity index (χ2n) is 6.44. The molecule has 0 aliphatic heterocycles. The molecule has 0 unspecified atom stereocenters. The van der Waals surface area contributed by atoms with Gasteiger partial charge in [-0.3, -0.25) is 0 Å². The number of nitrogens with one attached hydrogen (secondary N) is 2. The Morgan fingerprint density at radius 3 is 2.44 bits per heavy atom. The van der Waals surface area contributed by atoms with Gasteiger partial charge in [0, 0.05) is 12.1 Å². The van der Waals surface area contributed by atoms with E-state index in [9.17, 15) is 9.90 Å². The molecule has 5 heteroatoms. The predicted molar refractivity (Wildman–Crippen MR) is 96.4 cm³/mol. The van der Waals surface area contributed by atoms with Crippen LogP contribution >= 0.6 is 0 Å². The summed E-state index contributed by atoms with van der Waals surface area (Å²) in [5, 5.41) is 15.7. The van der Waals surface area contributed by atoms with Crippen molar-refractivity contribution in [1.29, 1.82) is 0 Å². The summed E-state index contributed by atoms with van der Waals surface area (Å²) >= 11 is 0. The van der Waals surface area contributed by atoms with Gasteiger partial charge in [0.05, 0.1) is 0 Å². The Hall–Kier alpha value is -2.53. The number of carbonyl (C=O) groups excluding carboxylic acids is 1. The van der Waals surface area contributed by atoms with Crippen LogP contribution in [0.4, 0.5) is 4.79 Å². The number of benzene rings is 2. The Morgan fingerprint density at radius 1 is 1.00 bits per heavy atom. The van der Waals surface area contributed by atoms with Gasteiger partial charge in [0.2, 0.25) is 0 Å². The normalized spacial score (nSPS) is 19.0. The number of hydrogen-bond acceptors (Lipinski definition) is 4. The van der Waals surface area contributed by atoms with Crippen LogP contribution in [0.2, 0.25) is 0 Å². The molecule has 0 radical (unpaired) electrons. The average Bonchev–Trinajstić information content (AvgIpc) is 2.60. The Morgan fingerprint density at radius 2 is 1.72 bits per heavy atom. The van der Waals surface area contributed by atoms with Crippen molar-refractivity contribution >= 4 is 6.09 Å². The Labute approximate surface area is 148 Å². The third-order valence-electron chi connectivity index (χ3n) is 4.46. The van der Waals surface area contributed by atoms with Gasteiger partial charge in [-0.25, -0.2) is 4.79 Å². The molecule has 25 heavy (non-hydrogen) atoms. The maximum absolute atomic E-state index is 11.8. The summed E-state index contributed by atoms with van der Waals surface area (Å²) in [4.78, 5) is 11.8. The molecule has 132 valence electrons. The van der Waals surface area contributed by atoms with Crippen molar-refractivity contribution in [3.8, 4) is 5.75 Å². The quantitative estimate of drug-likeness (QED) is 0.725. The zero-order valence-electron chi connectivity index (χ0n) is 14.2. The second kappa shape index (κ2) is 8.53. The summed E-state index contributed by atoms with van der Waals surface area (Å²) in [5.74, 6) is 0.295. The van der Waals surface area contributed by atoms with Gasteiger partial charge in [-0.05, 0) is 49.1 Å². The van der Waals surface area contributed by atoms with Gasteiger partial charge in [-0.2, -0.15) is 0 Å². The molecule has 2 aromatic rings. The highest BCUT2D eigenvalue weighted by Gasteiger charge is 2.30. The fraction of sp³-hybridized carbons (Fsp3) is 0.350. The first-order valence-electron chi connectivity index (χ1n) is 8.67. The molecule has 0 saturated heterocycles. The van der Waals surface area contributed by atoms with Gasteiger partial charge >= 0.3 is 6.09 Å². The van der Waals surface area contributed by atoms with Crippen molar-refractivity contribution in [2.75, 3.05) is 6.54 Å². The van der Waals surface area contributed by atoms with Crippen molar-refractivity contribution < 1.29 is 14.6 Å². The molecule has 1 aliphatic rings. The predicted octanol–water partition coefficient (Wildman–Crippen LogP) is 2.98. The molecule has 1 saturated carbocycles. The van der Waals surface area contributed by atoms with Crippen molar-refractivity contribution in [3.05, 3.63) is 65.7 Å². The molecule has 0 aromatic heterocycles. The molecular formula is C20H24N2O3. The second-order valence-corrected chi connectivity index (χ2v) is 6.44. The van der Waals surface area contributed by atoms with Crippen LogP contribution in [0.5, 0.6) is 5.75 Å². The lowest BCUT2D eigenvalue weighted by molar-refractivity contribution is 0.125. The van der Waals surface area contributed by atoms with E-state index < -0.39 is 0 Å². The standard InChI is InChI=1S/C20H24N2O3/c23-19-8-6-15(7-9-19)10-11-21-17-12-18(13-17)22-20(24)25-14-16-4-2-1-3-5-16/h1-9,17-18,21,23H,10-14H2,(H,22,24). The number of phenols is 1. The van der Waals surface area contributed by atoms with Gasteiger partial charge in [-0.1, -0.05) is 42.5 Å². The smallest absolute Gasteiger partial charge is 0.407 e. The molecule has 1 amide bonds. The SMILES string of the molecule is O=C(NC1CC(NCCc2ccc(O)cc2)C1)OCc1ccccc1. The Balaban J connectivity index is 1.26. The first-order chi connectivity index (χ1) is 12.2. The number of aromatic hydroxyl groups is 1. The minimum atomic E-state index is -0.351. The maximum atomic E-state index is 11.8. The fourth-order valence-corrected chi connectivity index (χ4v) is 2.92. The van der Waals surface area contributed by atoms with E-state index in [4.69, 9.17) is 4.74 Å². The number of hydrogen-bond donors (Lipinski definition) is 3.